The number of pyridine rings is 1. The van der Waals surface area contributed by atoms with E-state index in [1.165, 1.54) is 19.3 Å². The first kappa shape index (κ1) is 15.6. The lowest BCUT2D eigenvalue weighted by Gasteiger charge is -2.31. The number of aliphatic hydroxyl groups excluding tert-OH is 1. The van der Waals surface area contributed by atoms with Crippen molar-refractivity contribution >= 4 is 22.4 Å². The number of fused-ring (bicyclic) bond motifs is 3. The summed E-state index contributed by atoms with van der Waals surface area (Å²) in [7, 11) is 0. The van der Waals surface area contributed by atoms with Gasteiger partial charge in [0.1, 0.15) is 5.82 Å². The van der Waals surface area contributed by atoms with Crippen LogP contribution in [0.15, 0.2) is 36.5 Å². The van der Waals surface area contributed by atoms with Crippen LogP contribution in [0.25, 0.3) is 22.2 Å². The highest BCUT2D eigenvalue weighted by molar-refractivity contribution is 5.95. The Balaban J connectivity index is 1.53. The predicted octanol–water partition coefficient (Wildman–Crippen LogP) is 3.03. The van der Waals surface area contributed by atoms with E-state index in [1.807, 2.05) is 18.2 Å². The summed E-state index contributed by atoms with van der Waals surface area (Å²) in [5.41, 5.74) is 9.96. The maximum atomic E-state index is 9.86. The van der Waals surface area contributed by atoms with Gasteiger partial charge in [0.15, 0.2) is 0 Å². The van der Waals surface area contributed by atoms with Gasteiger partial charge >= 0.3 is 0 Å². The summed E-state index contributed by atoms with van der Waals surface area (Å²) in [6, 6.07) is 10.4. The summed E-state index contributed by atoms with van der Waals surface area (Å²) in [6.45, 7) is 0.251. The highest BCUT2D eigenvalue weighted by Gasteiger charge is 2.47. The van der Waals surface area contributed by atoms with Gasteiger partial charge in [-0.3, -0.25) is 5.10 Å². The first-order chi connectivity index (χ1) is 12.7. The zero-order valence-electron chi connectivity index (χ0n) is 14.5. The highest BCUT2D eigenvalue weighted by Crippen LogP contribution is 2.49. The molecule has 2 aliphatic rings. The fraction of sp³-hybridized carbons (Fsp3) is 0.400. The van der Waals surface area contributed by atoms with Crippen LogP contribution in [0.2, 0.25) is 0 Å². The van der Waals surface area contributed by atoms with Gasteiger partial charge in [-0.15, -0.1) is 0 Å². The number of nitrogens with one attached hydrogen (secondary N) is 2. The molecule has 5 N–H and O–H groups in total. The van der Waals surface area contributed by atoms with Gasteiger partial charge in [-0.1, -0.05) is 12.1 Å². The minimum Gasteiger partial charge on any atom is -0.396 e. The number of nitrogen functional groups attached to an aromatic ring is 1. The largest absolute Gasteiger partial charge is 0.396 e. The van der Waals surface area contributed by atoms with Gasteiger partial charge in [-0.05, 0) is 43.2 Å². The van der Waals surface area contributed by atoms with Crippen LogP contribution in [0.3, 0.4) is 0 Å². The number of nitrogens with two attached hydrogens (primary N) is 1. The monoisotopic (exact) mass is 349 g/mol. The molecule has 6 nitrogen and oxygen atoms in total. The van der Waals surface area contributed by atoms with Gasteiger partial charge in [0, 0.05) is 47.5 Å². The molecule has 0 radical (unpaired) electrons. The summed E-state index contributed by atoms with van der Waals surface area (Å²) in [6.07, 6.45) is 5.47. The van der Waals surface area contributed by atoms with E-state index in [9.17, 15) is 5.11 Å². The van der Waals surface area contributed by atoms with E-state index >= 15 is 0 Å². The third-order valence-electron chi connectivity index (χ3n) is 6.26. The van der Waals surface area contributed by atoms with Gasteiger partial charge in [-0.2, -0.15) is 5.10 Å². The fourth-order valence-corrected chi connectivity index (χ4v) is 5.03. The normalized spacial score (nSPS) is 27.3. The molecule has 1 aromatic carbocycles. The predicted molar refractivity (Wildman–Crippen MR) is 103 cm³/mol. The minimum absolute atomic E-state index is 0.251. The molecule has 2 heterocycles. The zero-order valence-corrected chi connectivity index (χ0v) is 14.5. The van der Waals surface area contributed by atoms with Crippen LogP contribution in [0.4, 0.5) is 11.5 Å². The summed E-state index contributed by atoms with van der Waals surface area (Å²) < 4.78 is 0. The number of benzene rings is 1. The summed E-state index contributed by atoms with van der Waals surface area (Å²) in [5.74, 6) is 2.14. The Kier molecular flexibility index (Phi) is 3.60. The smallest absolute Gasteiger partial charge is 0.126 e. The molecule has 5 rings (SSSR count). The second kappa shape index (κ2) is 5.99. The third-order valence-corrected chi connectivity index (χ3v) is 6.26. The second-order valence-electron chi connectivity index (χ2n) is 7.65. The van der Waals surface area contributed by atoms with Crippen molar-refractivity contribution in [1.29, 1.82) is 0 Å². The van der Waals surface area contributed by atoms with Crippen molar-refractivity contribution < 1.29 is 5.11 Å². The summed E-state index contributed by atoms with van der Waals surface area (Å²) >= 11 is 0. The number of hydrogen-bond acceptors (Lipinski definition) is 5. The van der Waals surface area contributed by atoms with Crippen LogP contribution in [0.1, 0.15) is 19.3 Å². The standard InChI is InChI=1S/C20H23N5O/c21-19-9-18(24-20-13-2-1-11(7-13)15(20)10-26)14-4-3-12(8-17(14)23-19)16-5-6-22-25-16/h3-6,8-9,11,13,15,20,26H,1-2,7,10H2,(H,22,25)(H3,21,23,24)/t11?,13?,15-,20+/m0/s1. The number of H-pyrrole nitrogens is 1. The Morgan fingerprint density at radius 1 is 1.19 bits per heavy atom. The van der Waals surface area contributed by atoms with Gasteiger partial charge < -0.3 is 16.2 Å². The maximum Gasteiger partial charge on any atom is 0.126 e. The van der Waals surface area contributed by atoms with Crippen LogP contribution < -0.4 is 11.1 Å². The molecule has 0 saturated heterocycles. The molecule has 2 bridgehead atoms. The van der Waals surface area contributed by atoms with Crippen LogP contribution in [-0.4, -0.2) is 32.9 Å². The van der Waals surface area contributed by atoms with E-state index in [1.54, 1.807) is 6.20 Å². The highest BCUT2D eigenvalue weighted by atomic mass is 16.3. The topological polar surface area (TPSA) is 99.9 Å². The van der Waals surface area contributed by atoms with Gasteiger partial charge in [-0.25, -0.2) is 4.98 Å². The van der Waals surface area contributed by atoms with E-state index in [4.69, 9.17) is 5.73 Å². The molecule has 3 aromatic rings. The van der Waals surface area contributed by atoms with Crippen molar-refractivity contribution in [3.05, 3.63) is 36.5 Å². The molecule has 6 heteroatoms. The molecule has 2 saturated carbocycles. The number of anilines is 2. The molecule has 0 spiro atoms. The lowest BCUT2D eigenvalue weighted by molar-refractivity contribution is 0.166. The van der Waals surface area contributed by atoms with Crippen molar-refractivity contribution in [2.75, 3.05) is 17.7 Å². The van der Waals surface area contributed by atoms with Crippen molar-refractivity contribution in [3.8, 4) is 11.3 Å². The molecule has 2 fully saturated rings. The first-order valence-electron chi connectivity index (χ1n) is 9.30. The van der Waals surface area contributed by atoms with Gasteiger partial charge in [0.05, 0.1) is 11.2 Å². The molecule has 0 aliphatic heterocycles. The maximum absolute atomic E-state index is 9.86. The average molecular weight is 349 g/mol. The van der Waals surface area contributed by atoms with E-state index in [2.05, 4.69) is 32.6 Å². The molecule has 2 aliphatic carbocycles. The lowest BCUT2D eigenvalue weighted by atomic mass is 9.85. The Morgan fingerprint density at radius 3 is 2.88 bits per heavy atom. The van der Waals surface area contributed by atoms with Crippen LogP contribution in [-0.2, 0) is 0 Å². The van der Waals surface area contributed by atoms with E-state index in [0.717, 1.165) is 27.8 Å². The molecule has 2 unspecified atom stereocenters. The van der Waals surface area contributed by atoms with Gasteiger partial charge in [0.2, 0.25) is 0 Å². The van der Waals surface area contributed by atoms with E-state index in [0.29, 0.717) is 29.6 Å². The van der Waals surface area contributed by atoms with Crippen molar-refractivity contribution in [1.82, 2.24) is 15.2 Å². The van der Waals surface area contributed by atoms with Crippen molar-refractivity contribution in [2.24, 2.45) is 17.8 Å². The molecule has 0 amide bonds. The van der Waals surface area contributed by atoms with Crippen molar-refractivity contribution in [2.45, 2.75) is 25.3 Å². The van der Waals surface area contributed by atoms with Crippen LogP contribution in [0.5, 0.6) is 0 Å². The molecule has 134 valence electrons. The quantitative estimate of drug-likeness (QED) is 0.580. The van der Waals surface area contributed by atoms with Crippen LogP contribution >= 0.6 is 0 Å². The van der Waals surface area contributed by atoms with E-state index in [-0.39, 0.29) is 6.61 Å². The second-order valence-corrected chi connectivity index (χ2v) is 7.65. The summed E-state index contributed by atoms with van der Waals surface area (Å²) in [5, 5.41) is 21.6. The number of nitrogens with zero attached hydrogens (tertiary/aromatic N) is 2. The van der Waals surface area contributed by atoms with Crippen LogP contribution in [0, 0.1) is 17.8 Å². The molecule has 26 heavy (non-hydrogen) atoms. The number of aliphatic hydroxyl groups is 1. The van der Waals surface area contributed by atoms with E-state index < -0.39 is 0 Å². The lowest BCUT2D eigenvalue weighted by Crippen LogP contribution is -2.36. The average Bonchev–Trinajstić information content (AvgIpc) is 3.38. The van der Waals surface area contributed by atoms with Gasteiger partial charge in [0.25, 0.3) is 0 Å². The minimum atomic E-state index is 0.251. The zero-order chi connectivity index (χ0) is 17.7. The Bertz CT molecular complexity index is 939. The number of aromatic amines is 1. The molecular formula is C20H23N5O. The number of rotatable bonds is 4. The molecule has 4 atom stereocenters. The summed E-state index contributed by atoms with van der Waals surface area (Å²) in [4.78, 5) is 4.52. The Morgan fingerprint density at radius 2 is 2.08 bits per heavy atom. The Hall–Kier alpha value is -2.60. The fourth-order valence-electron chi connectivity index (χ4n) is 5.03. The molecule has 2 aromatic heterocycles. The van der Waals surface area contributed by atoms with Crippen molar-refractivity contribution in [3.63, 3.8) is 0 Å². The Labute approximate surface area is 151 Å². The molecular weight excluding hydrogens is 326 g/mol. The number of aromatic nitrogens is 3. The number of hydrogen-bond donors (Lipinski definition) is 4. The first-order valence-corrected chi connectivity index (χ1v) is 9.30. The SMILES string of the molecule is Nc1cc(N[C@@H]2C3CCC(C3)[C@@H]2CO)c2ccc(-c3ccn[nH]3)cc2n1. The third kappa shape index (κ3) is 2.44.